The summed E-state index contributed by atoms with van der Waals surface area (Å²) in [6, 6.07) is -1.26. The average Bonchev–Trinajstić information content (AvgIpc) is 3.22. The predicted molar refractivity (Wildman–Crippen MR) is 224 cm³/mol. The predicted octanol–water partition coefficient (Wildman–Crippen LogP) is 1.77. The number of hydrogen-bond acceptors (Lipinski definition) is 8. The summed E-state index contributed by atoms with van der Waals surface area (Å²) < 4.78 is 11.1. The van der Waals surface area contributed by atoms with E-state index in [1.165, 1.54) is 51.4 Å². The molecule has 7 atom stereocenters. The zero-order chi connectivity index (χ0) is 42.3. The third-order valence-corrected chi connectivity index (χ3v) is 8.13. The number of carbonyl (C=O) groups is 1. The van der Waals surface area contributed by atoms with Gasteiger partial charge in [-0.15, -0.1) is 0 Å². The van der Waals surface area contributed by atoms with Gasteiger partial charge in [-0.05, 0) is 108 Å². The van der Waals surface area contributed by atoms with Crippen LogP contribution in [-0.2, 0) is 14.3 Å². The van der Waals surface area contributed by atoms with E-state index in [9.17, 15) is 25.2 Å². The molecule has 1 heterocycles. The van der Waals surface area contributed by atoms with Crippen molar-refractivity contribution in [3.8, 4) is 142 Å². The largest absolute Gasteiger partial charge is 0.394 e. The quantitative estimate of drug-likeness (QED) is 0.0858. The van der Waals surface area contributed by atoms with Crippen LogP contribution in [-0.4, -0.2) is 82.3 Å². The van der Waals surface area contributed by atoms with Gasteiger partial charge in [0.1, 0.15) is 24.4 Å². The Morgan fingerprint density at radius 1 is 0.603 bits per heavy atom. The fraction of sp³-hybridized carbons (Fsp3) is 0.490. The number of unbranched alkanes of at least 4 members (excludes halogenated alkanes) is 11. The van der Waals surface area contributed by atoms with Gasteiger partial charge >= 0.3 is 0 Å². The first-order chi connectivity index (χ1) is 28.3. The fourth-order valence-electron chi connectivity index (χ4n) is 5.08. The van der Waals surface area contributed by atoms with Gasteiger partial charge in [0.15, 0.2) is 6.29 Å². The monoisotopic (exact) mass is 778 g/mol. The molecule has 58 heavy (non-hydrogen) atoms. The molecule has 0 aromatic heterocycles. The molecular weight excluding hydrogens is 729 g/mol. The van der Waals surface area contributed by atoms with Crippen LogP contribution in [0.2, 0.25) is 0 Å². The summed E-state index contributed by atoms with van der Waals surface area (Å²) in [7, 11) is 0. The fourth-order valence-corrected chi connectivity index (χ4v) is 5.08. The Kier molecular flexibility index (Phi) is 30.4. The molecule has 0 spiro atoms. The molecule has 0 aromatic rings. The van der Waals surface area contributed by atoms with Gasteiger partial charge in [-0.25, -0.2) is 0 Å². The molecule has 9 heteroatoms. The molecule has 0 radical (unpaired) electrons. The molecule has 1 saturated heterocycles. The number of hydrogen-bond donors (Lipinski definition) is 6. The van der Waals surface area contributed by atoms with Crippen LogP contribution in [0, 0.1) is 142 Å². The molecule has 1 aliphatic heterocycles. The third kappa shape index (κ3) is 25.9. The molecule has 1 rings (SSSR count). The minimum atomic E-state index is -1.60. The van der Waals surface area contributed by atoms with Gasteiger partial charge in [0.05, 0.1) is 19.3 Å². The van der Waals surface area contributed by atoms with Crippen LogP contribution in [0.15, 0.2) is 0 Å². The first kappa shape index (κ1) is 49.9. The highest BCUT2D eigenvalue weighted by molar-refractivity contribution is 5.94. The van der Waals surface area contributed by atoms with Crippen molar-refractivity contribution >= 4 is 5.91 Å². The molecule has 2 unspecified atom stereocenters. The molecule has 7 N–H and O–H groups in total. The SMILES string of the molecule is CC#CC#CC#CC#CC#CC#CC#CC#CC#CC#CC#CC#CC(=O)N[C@@H](CO[C@@H]1OC(CO)[C@H](O)[C@H](O)C1O)[C@H](N)CCCCCCCCCCCCCC. The van der Waals surface area contributed by atoms with Crippen molar-refractivity contribution in [1.29, 1.82) is 0 Å². The van der Waals surface area contributed by atoms with E-state index in [1.54, 1.807) is 6.92 Å². The van der Waals surface area contributed by atoms with Gasteiger partial charge in [-0.2, -0.15) is 0 Å². The molecule has 1 aliphatic rings. The lowest BCUT2D eigenvalue weighted by atomic mass is 9.99. The average molecular weight is 779 g/mol. The van der Waals surface area contributed by atoms with E-state index in [4.69, 9.17) is 15.2 Å². The standard InChI is InChI=1S/C49H50N2O7/c1-3-5-7-9-11-13-15-17-18-19-20-21-22-23-24-25-26-27-29-31-33-35-37-39-45(53)51-43(41-57-49-48(56)47(55)46(54)44(40-52)58-49)42(50)38-36-34-32-30-28-16-14-12-10-8-6-4-2/h42-44,46-49,52,54-56H,4,6,8,10,12,14,16,28,30,32,34,36,38,40-41,50H2,1-2H3,(H,51,53)/t42-,43+,44?,46+,47+,48?,49-/m1/s1. The molecule has 0 bridgehead atoms. The summed E-state index contributed by atoms with van der Waals surface area (Å²) in [6.45, 7) is 3.11. The van der Waals surface area contributed by atoms with Crippen molar-refractivity contribution in [1.82, 2.24) is 5.32 Å². The van der Waals surface area contributed by atoms with E-state index in [0.29, 0.717) is 6.42 Å². The normalized spacial score (nSPS) is 17.4. The van der Waals surface area contributed by atoms with E-state index in [1.807, 2.05) is 0 Å². The van der Waals surface area contributed by atoms with Crippen LogP contribution in [0.25, 0.3) is 0 Å². The van der Waals surface area contributed by atoms with Gasteiger partial charge in [-0.1, -0.05) is 89.9 Å². The second-order valence-corrected chi connectivity index (χ2v) is 12.6. The molecule has 1 amide bonds. The van der Waals surface area contributed by atoms with Crippen molar-refractivity contribution in [2.24, 2.45) is 5.73 Å². The highest BCUT2D eigenvalue weighted by Crippen LogP contribution is 2.22. The summed E-state index contributed by atoms with van der Waals surface area (Å²) in [6.07, 6.45) is 7.74. The Morgan fingerprint density at radius 2 is 1.00 bits per heavy atom. The number of ether oxygens (including phenoxy) is 2. The number of nitrogens with one attached hydrogen (secondary N) is 1. The van der Waals surface area contributed by atoms with Gasteiger partial charge in [0.25, 0.3) is 5.91 Å². The highest BCUT2D eigenvalue weighted by Gasteiger charge is 2.44. The number of carbonyl (C=O) groups excluding carboxylic acids is 1. The summed E-state index contributed by atoms with van der Waals surface area (Å²) in [5.41, 5.74) is 6.49. The maximum absolute atomic E-state index is 12.7. The smallest absolute Gasteiger partial charge is 0.297 e. The summed E-state index contributed by atoms with van der Waals surface area (Å²) in [5.74, 6) is 59.3. The van der Waals surface area contributed by atoms with Crippen molar-refractivity contribution in [3.05, 3.63) is 0 Å². The van der Waals surface area contributed by atoms with Crippen LogP contribution < -0.4 is 11.1 Å². The molecular formula is C49H50N2O7. The van der Waals surface area contributed by atoms with Gasteiger partial charge < -0.3 is 41.0 Å². The Hall–Kier alpha value is -6.09. The summed E-state index contributed by atoms with van der Waals surface area (Å²) in [5, 5.41) is 42.8. The molecule has 0 aliphatic carbocycles. The van der Waals surface area contributed by atoms with Gasteiger partial charge in [0.2, 0.25) is 0 Å². The van der Waals surface area contributed by atoms with Crippen LogP contribution >= 0.6 is 0 Å². The van der Waals surface area contributed by atoms with Gasteiger partial charge in [0, 0.05) is 47.5 Å². The molecule has 298 valence electrons. The van der Waals surface area contributed by atoms with Crippen molar-refractivity contribution in [2.75, 3.05) is 13.2 Å². The highest BCUT2D eigenvalue weighted by atomic mass is 16.7. The summed E-state index contributed by atoms with van der Waals surface area (Å²) in [4.78, 5) is 12.7. The number of aliphatic hydroxyl groups excluding tert-OH is 4. The van der Waals surface area contributed by atoms with E-state index in [-0.39, 0.29) is 6.61 Å². The second-order valence-electron chi connectivity index (χ2n) is 12.6. The number of amides is 1. The van der Waals surface area contributed by atoms with Crippen molar-refractivity contribution in [3.63, 3.8) is 0 Å². The first-order valence-corrected chi connectivity index (χ1v) is 19.3. The summed E-state index contributed by atoms with van der Waals surface area (Å²) >= 11 is 0. The Morgan fingerprint density at radius 3 is 1.41 bits per heavy atom. The van der Waals surface area contributed by atoms with E-state index >= 15 is 0 Å². The Bertz CT molecular complexity index is 2090. The number of aliphatic hydroxyl groups is 4. The van der Waals surface area contributed by atoms with Crippen LogP contribution in [0.5, 0.6) is 0 Å². The van der Waals surface area contributed by atoms with Crippen molar-refractivity contribution in [2.45, 2.75) is 140 Å². The Balaban J connectivity index is 2.68. The maximum Gasteiger partial charge on any atom is 0.297 e. The molecule has 9 nitrogen and oxygen atoms in total. The molecule has 0 saturated carbocycles. The lowest BCUT2D eigenvalue weighted by Gasteiger charge is -2.40. The number of rotatable bonds is 19. The van der Waals surface area contributed by atoms with Crippen LogP contribution in [0.1, 0.15) is 97.3 Å². The first-order valence-electron chi connectivity index (χ1n) is 19.3. The third-order valence-electron chi connectivity index (χ3n) is 8.13. The lowest BCUT2D eigenvalue weighted by Crippen LogP contribution is -2.60. The lowest BCUT2D eigenvalue weighted by molar-refractivity contribution is -0.302. The van der Waals surface area contributed by atoms with Crippen molar-refractivity contribution < 1.29 is 34.7 Å². The molecule has 1 fully saturated rings. The zero-order valence-corrected chi connectivity index (χ0v) is 33.2. The van der Waals surface area contributed by atoms with E-state index in [0.717, 1.165) is 25.7 Å². The minimum Gasteiger partial charge on any atom is -0.394 e. The Labute approximate surface area is 346 Å². The van der Waals surface area contributed by atoms with Crippen LogP contribution in [0.3, 0.4) is 0 Å². The maximum atomic E-state index is 12.7. The van der Waals surface area contributed by atoms with Gasteiger partial charge in [-0.3, -0.25) is 4.79 Å². The minimum absolute atomic E-state index is 0.193. The van der Waals surface area contributed by atoms with E-state index < -0.39 is 55.3 Å². The topological polar surface area (TPSA) is 155 Å². The van der Waals surface area contributed by atoms with Crippen LogP contribution in [0.4, 0.5) is 0 Å². The zero-order valence-electron chi connectivity index (χ0n) is 33.2. The van der Waals surface area contributed by atoms with E-state index in [2.05, 4.69) is 154 Å². The molecule has 0 aromatic carbocycles. The number of nitrogens with two attached hydrogens (primary N) is 1. The second kappa shape index (κ2) is 35.3.